The van der Waals surface area contributed by atoms with Crippen molar-refractivity contribution in [3.63, 3.8) is 0 Å². The molecule has 2 amide bonds. The molecular formula is C11H12N4O2. The molecule has 88 valence electrons. The van der Waals surface area contributed by atoms with Crippen molar-refractivity contribution in [1.82, 2.24) is 9.97 Å². The molecule has 0 saturated carbocycles. The summed E-state index contributed by atoms with van der Waals surface area (Å²) in [4.78, 5) is 32.0. The Hall–Kier alpha value is -1.98. The van der Waals surface area contributed by atoms with Gasteiger partial charge in [-0.2, -0.15) is 0 Å². The van der Waals surface area contributed by atoms with Crippen molar-refractivity contribution in [2.75, 3.05) is 10.6 Å². The lowest BCUT2D eigenvalue weighted by molar-refractivity contribution is -0.121. The van der Waals surface area contributed by atoms with Crippen LogP contribution in [0.1, 0.15) is 31.2 Å². The van der Waals surface area contributed by atoms with E-state index in [4.69, 9.17) is 0 Å². The summed E-state index contributed by atoms with van der Waals surface area (Å²) in [6, 6.07) is 0. The smallest absolute Gasteiger partial charge is 0.236 e. The van der Waals surface area contributed by atoms with Crippen LogP contribution >= 0.6 is 0 Å². The maximum atomic E-state index is 12.0. The van der Waals surface area contributed by atoms with Crippen LogP contribution in [0.25, 0.3) is 0 Å². The van der Waals surface area contributed by atoms with E-state index >= 15 is 0 Å². The van der Waals surface area contributed by atoms with Gasteiger partial charge < -0.3 is 10.6 Å². The average Bonchev–Trinajstić information content (AvgIpc) is 2.39. The third-order valence-electron chi connectivity index (χ3n) is 3.42. The van der Waals surface area contributed by atoms with Gasteiger partial charge in [0.2, 0.25) is 11.8 Å². The van der Waals surface area contributed by atoms with Gasteiger partial charge in [-0.1, -0.05) is 0 Å². The summed E-state index contributed by atoms with van der Waals surface area (Å²) in [5.41, 5.74) is 0.0244. The Balaban J connectivity index is 2.30. The number of hydrogen-bond acceptors (Lipinski definition) is 4. The van der Waals surface area contributed by atoms with Gasteiger partial charge in [-0.25, -0.2) is 9.97 Å². The van der Waals surface area contributed by atoms with E-state index < -0.39 is 5.41 Å². The number of nitrogens with one attached hydrogen (secondary N) is 2. The van der Waals surface area contributed by atoms with Crippen LogP contribution in [0.4, 0.5) is 11.6 Å². The number of carbonyl (C=O) groups excluding carboxylic acids is 2. The van der Waals surface area contributed by atoms with Gasteiger partial charge in [0.15, 0.2) is 0 Å². The first-order valence-electron chi connectivity index (χ1n) is 5.51. The van der Waals surface area contributed by atoms with E-state index in [1.165, 1.54) is 0 Å². The van der Waals surface area contributed by atoms with Crippen LogP contribution in [0.5, 0.6) is 0 Å². The first-order chi connectivity index (χ1) is 8.00. The number of rotatable bonds is 0. The molecule has 3 heterocycles. The highest BCUT2D eigenvalue weighted by molar-refractivity contribution is 6.09. The molecule has 0 aliphatic carbocycles. The summed E-state index contributed by atoms with van der Waals surface area (Å²) in [6.07, 6.45) is 0.801. The minimum Gasteiger partial charge on any atom is -0.310 e. The fourth-order valence-corrected chi connectivity index (χ4v) is 2.43. The molecule has 6 heteroatoms. The first kappa shape index (κ1) is 10.2. The number of hydrogen-bond donors (Lipinski definition) is 2. The van der Waals surface area contributed by atoms with Gasteiger partial charge in [0, 0.05) is 6.42 Å². The number of carbonyl (C=O) groups is 2. The lowest BCUT2D eigenvalue weighted by Crippen LogP contribution is -2.30. The fraction of sp³-hybridized carbons (Fsp3) is 0.455. The molecule has 0 radical (unpaired) electrons. The third kappa shape index (κ3) is 1.26. The minimum absolute atomic E-state index is 0.103. The molecule has 0 fully saturated rings. The molecule has 1 atom stereocenters. The largest absolute Gasteiger partial charge is 0.310 e. The topological polar surface area (TPSA) is 84.0 Å². The highest BCUT2D eigenvalue weighted by Crippen LogP contribution is 2.44. The van der Waals surface area contributed by atoms with Crippen molar-refractivity contribution in [3.05, 3.63) is 11.4 Å². The van der Waals surface area contributed by atoms with Gasteiger partial charge in [-0.15, -0.1) is 0 Å². The maximum absolute atomic E-state index is 12.0. The van der Waals surface area contributed by atoms with Gasteiger partial charge in [-0.05, 0) is 20.3 Å². The van der Waals surface area contributed by atoms with Crippen molar-refractivity contribution in [2.24, 2.45) is 0 Å². The van der Waals surface area contributed by atoms with E-state index in [0.717, 1.165) is 5.56 Å². The summed E-state index contributed by atoms with van der Waals surface area (Å²) < 4.78 is 0. The van der Waals surface area contributed by atoms with Crippen LogP contribution in [0.3, 0.4) is 0 Å². The third-order valence-corrected chi connectivity index (χ3v) is 3.42. The zero-order valence-corrected chi connectivity index (χ0v) is 9.63. The minimum atomic E-state index is -0.697. The zero-order valence-electron chi connectivity index (χ0n) is 9.63. The maximum Gasteiger partial charge on any atom is 0.236 e. The van der Waals surface area contributed by atoms with Gasteiger partial charge >= 0.3 is 0 Å². The Bertz CT molecular complexity index is 555. The van der Waals surface area contributed by atoms with Crippen molar-refractivity contribution >= 4 is 23.5 Å². The van der Waals surface area contributed by atoms with Gasteiger partial charge in [0.25, 0.3) is 0 Å². The van der Waals surface area contributed by atoms with Crippen LogP contribution in [0, 0.1) is 6.92 Å². The first-order valence-corrected chi connectivity index (χ1v) is 5.51. The molecule has 2 aliphatic heterocycles. The number of amides is 2. The predicted octanol–water partition coefficient (Wildman–Crippen LogP) is 0.727. The number of aryl methyl sites for hydroxylation is 1. The monoisotopic (exact) mass is 232 g/mol. The molecule has 0 spiro atoms. The quantitative estimate of drug-likeness (QED) is 0.690. The van der Waals surface area contributed by atoms with E-state index in [2.05, 4.69) is 20.6 Å². The number of anilines is 2. The van der Waals surface area contributed by atoms with Crippen LogP contribution < -0.4 is 10.6 Å². The lowest BCUT2D eigenvalue weighted by Gasteiger charge is -2.19. The van der Waals surface area contributed by atoms with Gasteiger partial charge in [-0.3, -0.25) is 9.59 Å². The van der Waals surface area contributed by atoms with E-state index in [1.54, 1.807) is 6.92 Å². The van der Waals surface area contributed by atoms with Gasteiger partial charge in [0.1, 0.15) is 17.5 Å². The van der Waals surface area contributed by atoms with Crippen LogP contribution in [0.15, 0.2) is 0 Å². The van der Waals surface area contributed by atoms with Crippen LogP contribution in [0.2, 0.25) is 0 Å². The van der Waals surface area contributed by atoms with E-state index in [0.29, 0.717) is 30.3 Å². The second-order valence-corrected chi connectivity index (χ2v) is 4.68. The summed E-state index contributed by atoms with van der Waals surface area (Å²) >= 11 is 0. The molecule has 0 saturated heterocycles. The second-order valence-electron chi connectivity index (χ2n) is 4.68. The fourth-order valence-electron chi connectivity index (χ4n) is 2.43. The molecule has 1 unspecified atom stereocenters. The lowest BCUT2D eigenvalue weighted by atomic mass is 9.81. The molecule has 3 rings (SSSR count). The summed E-state index contributed by atoms with van der Waals surface area (Å²) in [5.74, 6) is 1.32. The number of aromatic nitrogens is 2. The SMILES string of the molecule is Cc1nc2c3c(n1)NC(=O)C3(C)CCC(=O)N2. The second kappa shape index (κ2) is 3.03. The molecule has 17 heavy (non-hydrogen) atoms. The van der Waals surface area contributed by atoms with E-state index in [1.807, 2.05) is 6.92 Å². The Morgan fingerprint density at radius 1 is 1.18 bits per heavy atom. The molecule has 2 aliphatic rings. The molecule has 2 N–H and O–H groups in total. The molecule has 0 bridgehead atoms. The summed E-state index contributed by atoms with van der Waals surface area (Å²) in [5, 5.41) is 5.50. The summed E-state index contributed by atoms with van der Waals surface area (Å²) in [6.45, 7) is 3.56. The zero-order chi connectivity index (χ0) is 12.2. The highest BCUT2D eigenvalue weighted by Gasteiger charge is 2.47. The van der Waals surface area contributed by atoms with Crippen molar-refractivity contribution < 1.29 is 9.59 Å². The Kier molecular flexibility index (Phi) is 1.81. The Morgan fingerprint density at radius 3 is 2.53 bits per heavy atom. The Morgan fingerprint density at radius 2 is 1.82 bits per heavy atom. The molecular weight excluding hydrogens is 220 g/mol. The molecule has 1 aromatic rings. The van der Waals surface area contributed by atoms with Crippen LogP contribution in [-0.4, -0.2) is 21.8 Å². The predicted molar refractivity (Wildman–Crippen MR) is 60.6 cm³/mol. The van der Waals surface area contributed by atoms with E-state index in [-0.39, 0.29) is 11.8 Å². The van der Waals surface area contributed by atoms with Gasteiger partial charge in [0.05, 0.1) is 11.0 Å². The average molecular weight is 232 g/mol. The molecule has 6 nitrogen and oxygen atoms in total. The standard InChI is InChI=1S/C11H12N4O2/c1-5-12-8-7-9(13-5)15-10(17)11(7,2)4-3-6(16)14-8/h3-4H2,1-2H3,(H2,12,13,14,15,16,17). The van der Waals surface area contributed by atoms with Crippen molar-refractivity contribution in [3.8, 4) is 0 Å². The normalized spacial score (nSPS) is 26.0. The number of nitrogens with zero attached hydrogens (tertiary/aromatic N) is 2. The van der Waals surface area contributed by atoms with Crippen molar-refractivity contribution in [1.29, 1.82) is 0 Å². The van der Waals surface area contributed by atoms with Crippen LogP contribution in [-0.2, 0) is 15.0 Å². The molecule has 1 aromatic heterocycles. The summed E-state index contributed by atoms with van der Waals surface area (Å²) in [7, 11) is 0. The van der Waals surface area contributed by atoms with E-state index in [9.17, 15) is 9.59 Å². The molecule has 0 aromatic carbocycles. The highest BCUT2D eigenvalue weighted by atomic mass is 16.2. The Labute approximate surface area is 97.8 Å². The van der Waals surface area contributed by atoms with Crippen molar-refractivity contribution in [2.45, 2.75) is 32.1 Å².